The lowest BCUT2D eigenvalue weighted by molar-refractivity contribution is 0.555. The lowest BCUT2D eigenvalue weighted by Gasteiger charge is -2.09. The van der Waals surface area contributed by atoms with E-state index in [1.165, 1.54) is 36.0 Å². The molecule has 21 heavy (non-hydrogen) atoms. The molecule has 0 radical (unpaired) electrons. The predicted octanol–water partition coefficient (Wildman–Crippen LogP) is 5.05. The molecule has 0 bridgehead atoms. The fourth-order valence-electron chi connectivity index (χ4n) is 2.05. The van der Waals surface area contributed by atoms with Crippen molar-refractivity contribution in [3.63, 3.8) is 0 Å². The summed E-state index contributed by atoms with van der Waals surface area (Å²) >= 11 is 7.54. The van der Waals surface area contributed by atoms with E-state index in [-0.39, 0.29) is 5.82 Å². The van der Waals surface area contributed by atoms with Gasteiger partial charge in [-0.3, -0.25) is 0 Å². The van der Waals surface area contributed by atoms with Gasteiger partial charge >= 0.3 is 5.63 Å². The first kappa shape index (κ1) is 14.2. The fraction of sp³-hybridized carbons (Fsp3) is 0.0625. The van der Waals surface area contributed by atoms with Crippen LogP contribution in [0.25, 0.3) is 11.0 Å². The zero-order valence-electron chi connectivity index (χ0n) is 11.0. The van der Waals surface area contributed by atoms with Crippen LogP contribution in [0.4, 0.5) is 4.39 Å². The number of hydrogen-bond donors (Lipinski definition) is 0. The Morgan fingerprint density at radius 2 is 2.00 bits per heavy atom. The van der Waals surface area contributed by atoms with Gasteiger partial charge in [0.2, 0.25) is 0 Å². The average Bonchev–Trinajstić information content (AvgIpc) is 2.43. The first-order valence-electron chi connectivity index (χ1n) is 6.21. The molecule has 1 heterocycles. The number of benzene rings is 2. The van der Waals surface area contributed by atoms with Gasteiger partial charge in [0.05, 0.1) is 5.02 Å². The minimum absolute atomic E-state index is 0.358. The van der Waals surface area contributed by atoms with Crippen molar-refractivity contribution in [2.45, 2.75) is 16.7 Å². The number of halogens is 2. The molecule has 0 N–H and O–H groups in total. The van der Waals surface area contributed by atoms with Gasteiger partial charge in [-0.05, 0) is 36.8 Å². The summed E-state index contributed by atoms with van der Waals surface area (Å²) < 4.78 is 18.5. The summed E-state index contributed by atoms with van der Waals surface area (Å²) in [6, 6.07) is 11.0. The van der Waals surface area contributed by atoms with E-state index in [2.05, 4.69) is 0 Å². The fourth-order valence-corrected chi connectivity index (χ4v) is 3.42. The molecule has 0 unspecified atom stereocenters. The largest absolute Gasteiger partial charge is 0.423 e. The third-order valence-corrected chi connectivity index (χ3v) is 4.77. The number of aryl methyl sites for hydroxylation is 1. The van der Waals surface area contributed by atoms with E-state index in [1.54, 1.807) is 6.07 Å². The van der Waals surface area contributed by atoms with Crippen molar-refractivity contribution in [1.82, 2.24) is 0 Å². The minimum Gasteiger partial charge on any atom is -0.423 e. The second kappa shape index (κ2) is 5.54. The molecule has 5 heteroatoms. The molecule has 106 valence electrons. The van der Waals surface area contributed by atoms with Gasteiger partial charge in [-0.2, -0.15) is 0 Å². The Hall–Kier alpha value is -1.78. The summed E-state index contributed by atoms with van der Waals surface area (Å²) in [6.07, 6.45) is 0. The predicted molar refractivity (Wildman–Crippen MR) is 82.8 cm³/mol. The third-order valence-electron chi connectivity index (χ3n) is 3.04. The summed E-state index contributed by atoms with van der Waals surface area (Å²) in [5.74, 6) is -0.380. The van der Waals surface area contributed by atoms with Crippen LogP contribution >= 0.6 is 23.4 Å². The van der Waals surface area contributed by atoms with Crippen molar-refractivity contribution in [2.75, 3.05) is 0 Å². The van der Waals surface area contributed by atoms with Crippen molar-refractivity contribution in [2.24, 2.45) is 0 Å². The quantitative estimate of drug-likeness (QED) is 0.619. The monoisotopic (exact) mass is 320 g/mol. The maximum absolute atomic E-state index is 13.5. The van der Waals surface area contributed by atoms with Gasteiger partial charge in [0.1, 0.15) is 11.4 Å². The number of rotatable bonds is 2. The molecule has 2 aromatic carbocycles. The van der Waals surface area contributed by atoms with Gasteiger partial charge in [-0.15, -0.1) is 0 Å². The van der Waals surface area contributed by atoms with Crippen molar-refractivity contribution in [3.05, 3.63) is 69.3 Å². The molecule has 0 saturated heterocycles. The highest BCUT2D eigenvalue weighted by Gasteiger charge is 2.12. The lowest BCUT2D eigenvalue weighted by atomic mass is 10.2. The Kier molecular flexibility index (Phi) is 3.74. The zero-order valence-corrected chi connectivity index (χ0v) is 12.6. The molecular weight excluding hydrogens is 311 g/mol. The summed E-state index contributed by atoms with van der Waals surface area (Å²) in [6.45, 7) is 1.93. The van der Waals surface area contributed by atoms with Gasteiger partial charge in [0.25, 0.3) is 0 Å². The summed E-state index contributed by atoms with van der Waals surface area (Å²) in [5.41, 5.74) is 0.878. The average molecular weight is 321 g/mol. The van der Waals surface area contributed by atoms with Gasteiger partial charge in [-0.1, -0.05) is 35.5 Å². The SMILES string of the molecule is Cc1cccc(Cl)c1Sc1cc(=O)oc2ccc(F)cc12. The van der Waals surface area contributed by atoms with Crippen LogP contribution in [0.2, 0.25) is 5.02 Å². The lowest BCUT2D eigenvalue weighted by Crippen LogP contribution is -1.98. The van der Waals surface area contributed by atoms with Crippen LogP contribution in [-0.4, -0.2) is 0 Å². The van der Waals surface area contributed by atoms with Crippen LogP contribution in [0.1, 0.15) is 5.56 Å². The molecule has 3 rings (SSSR count). The highest BCUT2D eigenvalue weighted by atomic mass is 35.5. The maximum atomic E-state index is 13.5. The molecule has 0 saturated carbocycles. The second-order valence-electron chi connectivity index (χ2n) is 4.56. The minimum atomic E-state index is -0.471. The van der Waals surface area contributed by atoms with Crippen LogP contribution in [-0.2, 0) is 0 Å². The third kappa shape index (κ3) is 2.82. The molecule has 0 atom stereocenters. The zero-order chi connectivity index (χ0) is 15.0. The van der Waals surface area contributed by atoms with Crippen molar-refractivity contribution < 1.29 is 8.81 Å². The molecule has 1 aromatic heterocycles. The van der Waals surface area contributed by atoms with Crippen molar-refractivity contribution >= 4 is 34.3 Å². The molecule has 0 aliphatic carbocycles. The molecular formula is C16H10ClFO2S. The van der Waals surface area contributed by atoms with Crippen LogP contribution in [0, 0.1) is 12.7 Å². The van der Waals surface area contributed by atoms with E-state index in [0.29, 0.717) is 20.9 Å². The van der Waals surface area contributed by atoms with E-state index in [0.717, 1.165) is 10.5 Å². The van der Waals surface area contributed by atoms with Gasteiger partial charge in [0.15, 0.2) is 0 Å². The Morgan fingerprint density at radius 3 is 2.76 bits per heavy atom. The maximum Gasteiger partial charge on any atom is 0.337 e. The standard InChI is InChI=1S/C16H10ClFO2S/c1-9-3-2-4-12(17)16(9)21-14-8-15(19)20-13-6-5-10(18)7-11(13)14/h2-8H,1H3. The van der Waals surface area contributed by atoms with Crippen molar-refractivity contribution in [1.29, 1.82) is 0 Å². The van der Waals surface area contributed by atoms with Gasteiger partial charge in [0, 0.05) is 21.2 Å². The topological polar surface area (TPSA) is 30.2 Å². The summed E-state index contributed by atoms with van der Waals surface area (Å²) in [4.78, 5) is 13.1. The Labute approximate surface area is 129 Å². The van der Waals surface area contributed by atoms with E-state index >= 15 is 0 Å². The Balaban J connectivity index is 2.20. The Morgan fingerprint density at radius 1 is 1.19 bits per heavy atom. The van der Waals surface area contributed by atoms with Crippen LogP contribution in [0.15, 0.2) is 61.5 Å². The first-order chi connectivity index (χ1) is 10.0. The molecule has 0 spiro atoms. The summed E-state index contributed by atoms with van der Waals surface area (Å²) in [7, 11) is 0. The number of fused-ring (bicyclic) bond motifs is 1. The van der Waals surface area contributed by atoms with E-state index in [9.17, 15) is 9.18 Å². The highest BCUT2D eigenvalue weighted by Crippen LogP contribution is 2.38. The molecule has 0 aliphatic heterocycles. The number of hydrogen-bond acceptors (Lipinski definition) is 3. The summed E-state index contributed by atoms with van der Waals surface area (Å²) in [5, 5.41) is 1.15. The molecule has 2 nitrogen and oxygen atoms in total. The van der Waals surface area contributed by atoms with E-state index < -0.39 is 5.63 Å². The normalized spacial score (nSPS) is 11.0. The van der Waals surface area contributed by atoms with Crippen LogP contribution < -0.4 is 5.63 Å². The van der Waals surface area contributed by atoms with E-state index in [1.807, 2.05) is 19.1 Å². The highest BCUT2D eigenvalue weighted by molar-refractivity contribution is 7.99. The Bertz CT molecular complexity index is 869. The van der Waals surface area contributed by atoms with Gasteiger partial charge < -0.3 is 4.42 Å². The van der Waals surface area contributed by atoms with Crippen LogP contribution in [0.3, 0.4) is 0 Å². The molecule has 0 fully saturated rings. The second-order valence-corrected chi connectivity index (χ2v) is 6.02. The first-order valence-corrected chi connectivity index (χ1v) is 7.40. The van der Waals surface area contributed by atoms with Crippen LogP contribution in [0.5, 0.6) is 0 Å². The van der Waals surface area contributed by atoms with Gasteiger partial charge in [-0.25, -0.2) is 9.18 Å². The molecule has 0 aliphatic rings. The molecule has 0 amide bonds. The molecule has 3 aromatic rings. The van der Waals surface area contributed by atoms with Crippen molar-refractivity contribution in [3.8, 4) is 0 Å². The van der Waals surface area contributed by atoms with E-state index in [4.69, 9.17) is 16.0 Å². The smallest absolute Gasteiger partial charge is 0.337 e.